The van der Waals surface area contributed by atoms with Crippen LogP contribution >= 0.6 is 11.6 Å². The first-order chi connectivity index (χ1) is 7.65. The smallest absolute Gasteiger partial charge is 0.179 e. The third-order valence-corrected chi connectivity index (χ3v) is 2.66. The summed E-state index contributed by atoms with van der Waals surface area (Å²) >= 11 is 6.04. The SMILES string of the molecule is COc1ccc(C(F)CCN)c(Cl)c1OC. The molecular formula is C11H15ClFNO2. The molecule has 0 bridgehead atoms. The topological polar surface area (TPSA) is 44.5 Å². The Labute approximate surface area is 99.3 Å². The fourth-order valence-corrected chi connectivity index (χ4v) is 1.80. The second kappa shape index (κ2) is 5.92. The van der Waals surface area contributed by atoms with Gasteiger partial charge in [0.2, 0.25) is 0 Å². The van der Waals surface area contributed by atoms with Gasteiger partial charge in [0.05, 0.1) is 19.2 Å². The van der Waals surface area contributed by atoms with E-state index in [1.165, 1.54) is 14.2 Å². The summed E-state index contributed by atoms with van der Waals surface area (Å²) < 4.78 is 23.8. The minimum atomic E-state index is -1.18. The molecule has 0 aliphatic rings. The number of nitrogens with two attached hydrogens (primary N) is 1. The quantitative estimate of drug-likeness (QED) is 0.870. The molecule has 0 saturated heterocycles. The molecule has 1 rings (SSSR count). The van der Waals surface area contributed by atoms with Crippen molar-refractivity contribution >= 4 is 11.6 Å². The second-order valence-electron chi connectivity index (χ2n) is 3.25. The fraction of sp³-hybridized carbons (Fsp3) is 0.455. The lowest BCUT2D eigenvalue weighted by Crippen LogP contribution is -2.05. The van der Waals surface area contributed by atoms with Crippen LogP contribution in [-0.2, 0) is 0 Å². The van der Waals surface area contributed by atoms with Gasteiger partial charge in [-0.25, -0.2) is 4.39 Å². The van der Waals surface area contributed by atoms with E-state index in [1.54, 1.807) is 12.1 Å². The minimum Gasteiger partial charge on any atom is -0.493 e. The largest absolute Gasteiger partial charge is 0.493 e. The van der Waals surface area contributed by atoms with Crippen molar-refractivity contribution in [2.75, 3.05) is 20.8 Å². The summed E-state index contributed by atoms with van der Waals surface area (Å²) in [6.07, 6.45) is -0.952. The van der Waals surface area contributed by atoms with Crippen molar-refractivity contribution in [3.8, 4) is 11.5 Å². The number of benzene rings is 1. The second-order valence-corrected chi connectivity index (χ2v) is 3.63. The molecule has 0 radical (unpaired) electrons. The summed E-state index contributed by atoms with van der Waals surface area (Å²) in [7, 11) is 2.96. The van der Waals surface area contributed by atoms with Crippen molar-refractivity contribution < 1.29 is 13.9 Å². The molecule has 1 atom stereocenters. The van der Waals surface area contributed by atoms with E-state index in [-0.39, 0.29) is 18.0 Å². The summed E-state index contributed by atoms with van der Waals surface area (Å²) in [5, 5.41) is 0.239. The molecule has 0 saturated carbocycles. The highest BCUT2D eigenvalue weighted by Gasteiger charge is 2.19. The Bertz CT molecular complexity index is 360. The van der Waals surface area contributed by atoms with E-state index in [1.807, 2.05) is 0 Å². The highest BCUT2D eigenvalue weighted by molar-refractivity contribution is 6.33. The predicted octanol–water partition coefficient (Wildman–Crippen LogP) is 2.72. The van der Waals surface area contributed by atoms with Gasteiger partial charge in [0.1, 0.15) is 6.17 Å². The van der Waals surface area contributed by atoms with E-state index in [0.29, 0.717) is 17.1 Å². The molecule has 1 aromatic rings. The molecule has 0 aliphatic carbocycles. The molecule has 0 fully saturated rings. The first kappa shape index (κ1) is 13.1. The third kappa shape index (κ3) is 2.57. The lowest BCUT2D eigenvalue weighted by Gasteiger charge is -2.14. The molecule has 0 aliphatic heterocycles. The van der Waals surface area contributed by atoms with Crippen LogP contribution in [0.3, 0.4) is 0 Å². The van der Waals surface area contributed by atoms with E-state index in [4.69, 9.17) is 26.8 Å². The first-order valence-electron chi connectivity index (χ1n) is 4.90. The Hall–Kier alpha value is -1.00. The molecule has 5 heteroatoms. The maximum Gasteiger partial charge on any atom is 0.179 e. The number of ether oxygens (including phenoxy) is 2. The number of alkyl halides is 1. The van der Waals surface area contributed by atoms with Crippen molar-refractivity contribution in [3.63, 3.8) is 0 Å². The molecule has 0 amide bonds. The van der Waals surface area contributed by atoms with E-state index >= 15 is 0 Å². The molecule has 0 spiro atoms. The summed E-state index contributed by atoms with van der Waals surface area (Å²) in [6.45, 7) is 0.270. The Balaban J connectivity index is 3.13. The summed E-state index contributed by atoms with van der Waals surface area (Å²) in [6, 6.07) is 3.22. The monoisotopic (exact) mass is 247 g/mol. The predicted molar refractivity (Wildman–Crippen MR) is 62.1 cm³/mol. The van der Waals surface area contributed by atoms with Crippen LogP contribution in [0.15, 0.2) is 12.1 Å². The van der Waals surface area contributed by atoms with Gasteiger partial charge < -0.3 is 15.2 Å². The van der Waals surface area contributed by atoms with Crippen LogP contribution in [0, 0.1) is 0 Å². The molecule has 90 valence electrons. The average Bonchev–Trinajstić information content (AvgIpc) is 2.28. The van der Waals surface area contributed by atoms with E-state index < -0.39 is 6.17 Å². The molecule has 0 aromatic heterocycles. The van der Waals surface area contributed by atoms with E-state index in [2.05, 4.69) is 0 Å². The fourth-order valence-electron chi connectivity index (χ4n) is 1.45. The zero-order chi connectivity index (χ0) is 12.1. The maximum atomic E-state index is 13.7. The summed E-state index contributed by atoms with van der Waals surface area (Å²) in [4.78, 5) is 0. The molecule has 2 N–H and O–H groups in total. The van der Waals surface area contributed by atoms with Gasteiger partial charge >= 0.3 is 0 Å². The summed E-state index contributed by atoms with van der Waals surface area (Å²) in [5.74, 6) is 0.831. The lowest BCUT2D eigenvalue weighted by molar-refractivity contribution is 0.322. The average molecular weight is 248 g/mol. The standard InChI is InChI=1S/C11H15ClFNO2/c1-15-9-4-3-7(8(13)5-6-14)10(12)11(9)16-2/h3-4,8H,5-6,14H2,1-2H3. The van der Waals surface area contributed by atoms with Crippen molar-refractivity contribution in [1.29, 1.82) is 0 Å². The number of rotatable bonds is 5. The van der Waals surface area contributed by atoms with Crippen molar-refractivity contribution in [2.24, 2.45) is 5.73 Å². The van der Waals surface area contributed by atoms with Gasteiger partial charge in [-0.15, -0.1) is 0 Å². The van der Waals surface area contributed by atoms with Crippen molar-refractivity contribution in [2.45, 2.75) is 12.6 Å². The van der Waals surface area contributed by atoms with Crippen LogP contribution in [0.2, 0.25) is 5.02 Å². The Kier molecular flexibility index (Phi) is 4.83. The van der Waals surface area contributed by atoms with E-state index in [9.17, 15) is 4.39 Å². The Morgan fingerprint density at radius 3 is 2.56 bits per heavy atom. The van der Waals surface area contributed by atoms with Gasteiger partial charge in [-0.05, 0) is 19.0 Å². The summed E-state index contributed by atoms with van der Waals surface area (Å²) in [5.41, 5.74) is 5.68. The number of halogens is 2. The van der Waals surface area contributed by atoms with Crippen molar-refractivity contribution in [3.05, 3.63) is 22.7 Å². The van der Waals surface area contributed by atoms with Gasteiger partial charge in [0.15, 0.2) is 11.5 Å². The van der Waals surface area contributed by atoms with Crippen LogP contribution in [-0.4, -0.2) is 20.8 Å². The van der Waals surface area contributed by atoms with Crippen LogP contribution in [0.5, 0.6) is 11.5 Å². The van der Waals surface area contributed by atoms with Gasteiger partial charge in [-0.1, -0.05) is 17.7 Å². The minimum absolute atomic E-state index is 0.231. The zero-order valence-corrected chi connectivity index (χ0v) is 10.1. The molecule has 3 nitrogen and oxygen atoms in total. The van der Waals surface area contributed by atoms with Gasteiger partial charge in [-0.2, -0.15) is 0 Å². The lowest BCUT2D eigenvalue weighted by atomic mass is 10.1. The number of hydrogen-bond acceptors (Lipinski definition) is 3. The molecule has 0 heterocycles. The molecule has 1 unspecified atom stereocenters. The Morgan fingerprint density at radius 2 is 2.06 bits per heavy atom. The van der Waals surface area contributed by atoms with Crippen LogP contribution in [0.1, 0.15) is 18.2 Å². The highest BCUT2D eigenvalue weighted by atomic mass is 35.5. The normalized spacial score (nSPS) is 12.3. The van der Waals surface area contributed by atoms with Crippen LogP contribution in [0.25, 0.3) is 0 Å². The van der Waals surface area contributed by atoms with Gasteiger partial charge in [-0.3, -0.25) is 0 Å². The van der Waals surface area contributed by atoms with Gasteiger partial charge in [0.25, 0.3) is 0 Å². The zero-order valence-electron chi connectivity index (χ0n) is 9.30. The number of hydrogen-bond donors (Lipinski definition) is 1. The van der Waals surface area contributed by atoms with Crippen molar-refractivity contribution in [1.82, 2.24) is 0 Å². The Morgan fingerprint density at radius 1 is 1.38 bits per heavy atom. The molecule has 16 heavy (non-hydrogen) atoms. The van der Waals surface area contributed by atoms with E-state index in [0.717, 1.165) is 0 Å². The first-order valence-corrected chi connectivity index (χ1v) is 5.28. The van der Waals surface area contributed by atoms with Crippen LogP contribution in [0.4, 0.5) is 4.39 Å². The third-order valence-electron chi connectivity index (χ3n) is 2.27. The number of methoxy groups -OCH3 is 2. The van der Waals surface area contributed by atoms with Crippen LogP contribution < -0.4 is 15.2 Å². The molecule has 1 aromatic carbocycles. The van der Waals surface area contributed by atoms with Gasteiger partial charge in [0, 0.05) is 5.56 Å². The maximum absolute atomic E-state index is 13.7. The molecular weight excluding hydrogens is 233 g/mol. The highest BCUT2D eigenvalue weighted by Crippen LogP contribution is 2.41.